The Balaban J connectivity index is 2.31. The quantitative estimate of drug-likeness (QED) is 0.670. The standard InChI is InChI=1S/C17H20N/c1-5-13-6-7-15-14(11-13)17(3,4)16-10-12(2)8-9-18(15)16/h6-11H,5H2,1-4H3/q+1. The largest absolute Gasteiger partial charge is 0.215 e. The van der Waals surface area contributed by atoms with Gasteiger partial charge in [-0.25, -0.2) is 0 Å². The number of hydrogen-bond donors (Lipinski definition) is 0. The summed E-state index contributed by atoms with van der Waals surface area (Å²) in [4.78, 5) is 0. The van der Waals surface area contributed by atoms with Crippen molar-refractivity contribution in [3.63, 3.8) is 0 Å². The van der Waals surface area contributed by atoms with Crippen molar-refractivity contribution >= 4 is 0 Å². The molecule has 1 nitrogen and oxygen atoms in total. The molecule has 92 valence electrons. The molecule has 0 N–H and O–H groups in total. The number of rotatable bonds is 1. The molecule has 0 saturated heterocycles. The minimum Gasteiger partial charge on any atom is -0.163 e. The van der Waals surface area contributed by atoms with Gasteiger partial charge in [-0.2, -0.15) is 4.57 Å². The van der Waals surface area contributed by atoms with Gasteiger partial charge in [0.25, 0.3) is 0 Å². The Kier molecular flexibility index (Phi) is 2.34. The molecule has 18 heavy (non-hydrogen) atoms. The molecule has 2 aromatic rings. The van der Waals surface area contributed by atoms with Crippen LogP contribution in [0.1, 0.15) is 43.2 Å². The van der Waals surface area contributed by atoms with Gasteiger partial charge in [-0.1, -0.05) is 13.0 Å². The van der Waals surface area contributed by atoms with Crippen LogP contribution in [0.2, 0.25) is 0 Å². The third-order valence-corrected chi connectivity index (χ3v) is 4.15. The molecule has 0 atom stereocenters. The highest BCUT2D eigenvalue weighted by molar-refractivity contribution is 5.50. The first-order valence-corrected chi connectivity index (χ1v) is 6.70. The van der Waals surface area contributed by atoms with Crippen LogP contribution in [0.15, 0.2) is 36.5 Å². The highest BCUT2D eigenvalue weighted by Gasteiger charge is 2.43. The van der Waals surface area contributed by atoms with E-state index in [0.717, 1.165) is 6.42 Å². The van der Waals surface area contributed by atoms with Crippen LogP contribution in [0.4, 0.5) is 0 Å². The molecule has 0 radical (unpaired) electrons. The molecule has 0 aliphatic carbocycles. The van der Waals surface area contributed by atoms with Crippen LogP contribution < -0.4 is 4.57 Å². The summed E-state index contributed by atoms with van der Waals surface area (Å²) in [6, 6.07) is 11.4. The molecular weight excluding hydrogens is 218 g/mol. The van der Waals surface area contributed by atoms with E-state index in [9.17, 15) is 0 Å². The van der Waals surface area contributed by atoms with Gasteiger partial charge in [0.1, 0.15) is 0 Å². The Labute approximate surface area is 109 Å². The molecule has 1 aromatic carbocycles. The minimum atomic E-state index is 0.104. The van der Waals surface area contributed by atoms with Crippen LogP contribution in [0.25, 0.3) is 5.69 Å². The summed E-state index contributed by atoms with van der Waals surface area (Å²) in [6.45, 7) is 9.03. The van der Waals surface area contributed by atoms with Crippen LogP contribution in [0.3, 0.4) is 0 Å². The van der Waals surface area contributed by atoms with Crippen LogP contribution in [0, 0.1) is 6.92 Å². The number of benzene rings is 1. The van der Waals surface area contributed by atoms with E-state index in [1.807, 2.05) is 0 Å². The second-order valence-electron chi connectivity index (χ2n) is 5.79. The molecule has 0 fully saturated rings. The molecule has 0 amide bonds. The average molecular weight is 238 g/mol. The molecule has 0 unspecified atom stereocenters. The van der Waals surface area contributed by atoms with Crippen molar-refractivity contribution in [1.29, 1.82) is 0 Å². The number of aryl methyl sites for hydroxylation is 2. The zero-order valence-electron chi connectivity index (χ0n) is 11.6. The van der Waals surface area contributed by atoms with Crippen molar-refractivity contribution in [3.8, 4) is 5.69 Å². The lowest BCUT2D eigenvalue weighted by molar-refractivity contribution is -0.599. The molecule has 1 aliphatic heterocycles. The van der Waals surface area contributed by atoms with Crippen LogP contribution in [0.5, 0.6) is 0 Å². The third-order valence-electron chi connectivity index (χ3n) is 4.15. The van der Waals surface area contributed by atoms with Gasteiger partial charge in [0, 0.05) is 23.8 Å². The predicted molar refractivity (Wildman–Crippen MR) is 74.2 cm³/mol. The van der Waals surface area contributed by atoms with Crippen molar-refractivity contribution in [1.82, 2.24) is 0 Å². The van der Waals surface area contributed by atoms with E-state index < -0.39 is 0 Å². The molecule has 1 aliphatic rings. The van der Waals surface area contributed by atoms with Crippen molar-refractivity contribution in [3.05, 3.63) is 58.9 Å². The molecule has 0 bridgehead atoms. The van der Waals surface area contributed by atoms with Crippen molar-refractivity contribution < 1.29 is 4.57 Å². The highest BCUT2D eigenvalue weighted by atomic mass is 15.0. The monoisotopic (exact) mass is 238 g/mol. The number of nitrogens with zero attached hydrogens (tertiary/aromatic N) is 1. The molecule has 0 spiro atoms. The van der Waals surface area contributed by atoms with Gasteiger partial charge in [0.2, 0.25) is 5.69 Å². The normalized spacial score (nSPS) is 15.3. The number of fused-ring (bicyclic) bond motifs is 3. The first-order valence-electron chi connectivity index (χ1n) is 6.70. The molecule has 1 aromatic heterocycles. The highest BCUT2D eigenvalue weighted by Crippen LogP contribution is 2.38. The Bertz CT molecular complexity index is 624. The van der Waals surface area contributed by atoms with E-state index in [2.05, 4.69) is 68.8 Å². The number of pyridine rings is 1. The first kappa shape index (κ1) is 11.5. The van der Waals surface area contributed by atoms with E-state index in [1.54, 1.807) is 0 Å². The fraction of sp³-hybridized carbons (Fsp3) is 0.353. The second kappa shape index (κ2) is 3.68. The lowest BCUT2D eigenvalue weighted by Gasteiger charge is -2.15. The maximum absolute atomic E-state index is 2.37. The first-order chi connectivity index (χ1) is 8.54. The molecule has 3 rings (SSSR count). The maximum Gasteiger partial charge on any atom is 0.215 e. The van der Waals surface area contributed by atoms with Gasteiger partial charge in [-0.3, -0.25) is 0 Å². The van der Waals surface area contributed by atoms with Crippen LogP contribution in [-0.4, -0.2) is 0 Å². The van der Waals surface area contributed by atoms with Crippen molar-refractivity contribution in [2.75, 3.05) is 0 Å². The molecule has 1 heteroatoms. The van der Waals surface area contributed by atoms with Crippen molar-refractivity contribution in [2.45, 2.75) is 39.5 Å². The SMILES string of the molecule is CCc1ccc2c(c1)C(C)(C)c1cc(C)cc[n+]1-2. The number of hydrogen-bond acceptors (Lipinski definition) is 0. The van der Waals surface area contributed by atoms with Gasteiger partial charge in [-0.15, -0.1) is 0 Å². The summed E-state index contributed by atoms with van der Waals surface area (Å²) in [7, 11) is 0. The third kappa shape index (κ3) is 1.43. The van der Waals surface area contributed by atoms with Gasteiger partial charge in [-0.05, 0) is 44.4 Å². The van der Waals surface area contributed by atoms with E-state index in [-0.39, 0.29) is 5.41 Å². The predicted octanol–water partition coefficient (Wildman–Crippen LogP) is 3.47. The fourth-order valence-electron chi connectivity index (χ4n) is 2.95. The zero-order valence-corrected chi connectivity index (χ0v) is 11.6. The van der Waals surface area contributed by atoms with Crippen LogP contribution >= 0.6 is 0 Å². The summed E-state index contributed by atoms with van der Waals surface area (Å²) in [5.41, 5.74) is 7.04. The maximum atomic E-state index is 2.37. The van der Waals surface area contributed by atoms with Gasteiger partial charge in [0.15, 0.2) is 11.9 Å². The topological polar surface area (TPSA) is 3.88 Å². The summed E-state index contributed by atoms with van der Waals surface area (Å²) >= 11 is 0. The molecule has 2 heterocycles. The van der Waals surface area contributed by atoms with Crippen LogP contribution in [-0.2, 0) is 11.8 Å². The number of aromatic nitrogens is 1. The lowest BCUT2D eigenvalue weighted by Crippen LogP contribution is -2.34. The Morgan fingerprint density at radius 1 is 1.11 bits per heavy atom. The zero-order chi connectivity index (χ0) is 12.9. The second-order valence-corrected chi connectivity index (χ2v) is 5.79. The molecule has 0 saturated carbocycles. The summed E-state index contributed by atoms with van der Waals surface area (Å²) in [6.07, 6.45) is 3.30. The lowest BCUT2D eigenvalue weighted by atomic mass is 9.82. The fourth-order valence-corrected chi connectivity index (χ4v) is 2.95. The Morgan fingerprint density at radius 3 is 2.61 bits per heavy atom. The van der Waals surface area contributed by atoms with E-state index >= 15 is 0 Å². The Morgan fingerprint density at radius 2 is 1.89 bits per heavy atom. The van der Waals surface area contributed by atoms with Gasteiger partial charge >= 0.3 is 0 Å². The van der Waals surface area contributed by atoms with E-state index in [1.165, 1.54) is 28.1 Å². The van der Waals surface area contributed by atoms with Gasteiger partial charge in [0.05, 0.1) is 5.41 Å². The summed E-state index contributed by atoms with van der Waals surface area (Å²) < 4.78 is 2.34. The van der Waals surface area contributed by atoms with E-state index in [0.29, 0.717) is 0 Å². The minimum absolute atomic E-state index is 0.104. The Hall–Kier alpha value is -1.63. The smallest absolute Gasteiger partial charge is 0.163 e. The van der Waals surface area contributed by atoms with Gasteiger partial charge < -0.3 is 0 Å². The molecular formula is C17H20N+. The van der Waals surface area contributed by atoms with E-state index in [4.69, 9.17) is 0 Å². The summed E-state index contributed by atoms with van der Waals surface area (Å²) in [5, 5.41) is 0. The summed E-state index contributed by atoms with van der Waals surface area (Å²) in [5.74, 6) is 0. The average Bonchev–Trinajstić information content (AvgIpc) is 2.58. The van der Waals surface area contributed by atoms with Crippen molar-refractivity contribution in [2.24, 2.45) is 0 Å².